The Hall–Kier alpha value is -1.25. The molecular formula is C9H13NO2. The van der Waals surface area contributed by atoms with Gasteiger partial charge in [0.1, 0.15) is 5.75 Å². The molecule has 1 aromatic heterocycles. The van der Waals surface area contributed by atoms with Crippen molar-refractivity contribution in [2.45, 2.75) is 20.0 Å². The topological polar surface area (TPSA) is 31.4 Å². The Labute approximate surface area is 72.3 Å². The number of aromatic nitrogens is 1. The van der Waals surface area contributed by atoms with Crippen molar-refractivity contribution in [2.75, 3.05) is 7.11 Å². The lowest BCUT2D eigenvalue weighted by Crippen LogP contribution is -2.05. The number of hydrogen-bond donors (Lipinski definition) is 0. The first-order chi connectivity index (χ1) is 5.72. The van der Waals surface area contributed by atoms with Crippen LogP contribution in [0, 0.1) is 0 Å². The van der Waals surface area contributed by atoms with Crippen molar-refractivity contribution >= 4 is 0 Å². The van der Waals surface area contributed by atoms with Gasteiger partial charge in [0.2, 0.25) is 5.88 Å². The SMILES string of the molecule is COc1cc(OC(C)C)ccn1. The number of nitrogens with zero attached hydrogens (tertiary/aromatic N) is 1. The zero-order chi connectivity index (χ0) is 8.97. The Balaban J connectivity index is 2.72. The summed E-state index contributed by atoms with van der Waals surface area (Å²) in [7, 11) is 1.58. The first-order valence-corrected chi connectivity index (χ1v) is 3.89. The normalized spacial score (nSPS) is 10.0. The molecule has 0 fully saturated rings. The summed E-state index contributed by atoms with van der Waals surface area (Å²) in [6, 6.07) is 3.57. The molecule has 12 heavy (non-hydrogen) atoms. The van der Waals surface area contributed by atoms with Crippen LogP contribution in [0.5, 0.6) is 11.6 Å². The van der Waals surface area contributed by atoms with E-state index in [-0.39, 0.29) is 6.10 Å². The zero-order valence-corrected chi connectivity index (χ0v) is 7.57. The van der Waals surface area contributed by atoms with Crippen LogP contribution in [0.1, 0.15) is 13.8 Å². The minimum absolute atomic E-state index is 0.178. The van der Waals surface area contributed by atoms with E-state index in [1.807, 2.05) is 19.9 Å². The molecule has 0 aliphatic heterocycles. The first kappa shape index (κ1) is 8.84. The maximum Gasteiger partial charge on any atom is 0.216 e. The summed E-state index contributed by atoms with van der Waals surface area (Å²) in [5.74, 6) is 1.37. The second-order valence-electron chi connectivity index (χ2n) is 2.70. The Morgan fingerprint density at radius 2 is 2.17 bits per heavy atom. The van der Waals surface area contributed by atoms with Crippen molar-refractivity contribution in [3.63, 3.8) is 0 Å². The van der Waals surface area contributed by atoms with Gasteiger partial charge in [0.05, 0.1) is 13.2 Å². The molecule has 0 spiro atoms. The molecule has 0 amide bonds. The molecule has 0 atom stereocenters. The average Bonchev–Trinajstić information content (AvgIpc) is 2.03. The first-order valence-electron chi connectivity index (χ1n) is 3.89. The van der Waals surface area contributed by atoms with Gasteiger partial charge in [0.25, 0.3) is 0 Å². The Morgan fingerprint density at radius 3 is 2.75 bits per heavy atom. The summed E-state index contributed by atoms with van der Waals surface area (Å²) in [4.78, 5) is 3.96. The van der Waals surface area contributed by atoms with Gasteiger partial charge in [-0.3, -0.25) is 0 Å². The van der Waals surface area contributed by atoms with Crippen molar-refractivity contribution in [1.29, 1.82) is 0 Å². The second-order valence-corrected chi connectivity index (χ2v) is 2.70. The molecule has 1 rings (SSSR count). The molecule has 0 saturated heterocycles. The van der Waals surface area contributed by atoms with E-state index in [9.17, 15) is 0 Å². The highest BCUT2D eigenvalue weighted by atomic mass is 16.5. The van der Waals surface area contributed by atoms with E-state index in [1.54, 1.807) is 19.4 Å². The van der Waals surface area contributed by atoms with Crippen molar-refractivity contribution < 1.29 is 9.47 Å². The van der Waals surface area contributed by atoms with E-state index >= 15 is 0 Å². The molecule has 0 aromatic carbocycles. The van der Waals surface area contributed by atoms with E-state index in [0.717, 1.165) is 5.75 Å². The van der Waals surface area contributed by atoms with Crippen LogP contribution in [0.3, 0.4) is 0 Å². The van der Waals surface area contributed by atoms with Gasteiger partial charge in [0.15, 0.2) is 0 Å². The molecule has 0 N–H and O–H groups in total. The van der Waals surface area contributed by atoms with Crippen LogP contribution in [0.2, 0.25) is 0 Å². The van der Waals surface area contributed by atoms with E-state index in [1.165, 1.54) is 0 Å². The van der Waals surface area contributed by atoms with Crippen LogP contribution < -0.4 is 9.47 Å². The Kier molecular flexibility index (Phi) is 2.91. The predicted molar refractivity (Wildman–Crippen MR) is 46.6 cm³/mol. The summed E-state index contributed by atoms with van der Waals surface area (Å²) in [6.45, 7) is 3.96. The van der Waals surface area contributed by atoms with Gasteiger partial charge in [-0.1, -0.05) is 0 Å². The second kappa shape index (κ2) is 3.95. The van der Waals surface area contributed by atoms with Crippen LogP contribution in [0.25, 0.3) is 0 Å². The van der Waals surface area contributed by atoms with Gasteiger partial charge in [-0.05, 0) is 19.9 Å². The largest absolute Gasteiger partial charge is 0.491 e. The lowest BCUT2D eigenvalue weighted by molar-refractivity contribution is 0.240. The monoisotopic (exact) mass is 167 g/mol. The van der Waals surface area contributed by atoms with Crippen molar-refractivity contribution in [2.24, 2.45) is 0 Å². The minimum atomic E-state index is 0.178. The van der Waals surface area contributed by atoms with E-state index < -0.39 is 0 Å². The molecule has 1 heterocycles. The lowest BCUT2D eigenvalue weighted by Gasteiger charge is -2.09. The molecular weight excluding hydrogens is 154 g/mol. The third-order valence-corrected chi connectivity index (χ3v) is 1.29. The van der Waals surface area contributed by atoms with Crippen LogP contribution in [-0.4, -0.2) is 18.2 Å². The number of rotatable bonds is 3. The minimum Gasteiger partial charge on any atom is -0.491 e. The van der Waals surface area contributed by atoms with Gasteiger partial charge < -0.3 is 9.47 Å². The molecule has 3 nitrogen and oxygen atoms in total. The third kappa shape index (κ3) is 2.42. The van der Waals surface area contributed by atoms with Gasteiger partial charge >= 0.3 is 0 Å². The van der Waals surface area contributed by atoms with Crippen molar-refractivity contribution in [3.05, 3.63) is 18.3 Å². The van der Waals surface area contributed by atoms with E-state index in [0.29, 0.717) is 5.88 Å². The summed E-state index contributed by atoms with van der Waals surface area (Å²) in [5.41, 5.74) is 0. The fraction of sp³-hybridized carbons (Fsp3) is 0.444. The van der Waals surface area contributed by atoms with E-state index in [4.69, 9.17) is 9.47 Å². The smallest absolute Gasteiger partial charge is 0.216 e. The summed E-state index contributed by atoms with van der Waals surface area (Å²) in [6.07, 6.45) is 1.84. The number of pyridine rings is 1. The molecule has 3 heteroatoms. The molecule has 0 aliphatic carbocycles. The molecule has 0 radical (unpaired) electrons. The lowest BCUT2D eigenvalue weighted by atomic mass is 10.4. The Bertz CT molecular complexity index is 248. The quantitative estimate of drug-likeness (QED) is 0.688. The maximum atomic E-state index is 5.44. The predicted octanol–water partition coefficient (Wildman–Crippen LogP) is 1.88. The third-order valence-electron chi connectivity index (χ3n) is 1.29. The summed E-state index contributed by atoms with van der Waals surface area (Å²) >= 11 is 0. The molecule has 1 aromatic rings. The van der Waals surface area contributed by atoms with Gasteiger partial charge in [-0.25, -0.2) is 4.98 Å². The standard InChI is InChI=1S/C9H13NO2/c1-7(2)12-8-4-5-10-9(6-8)11-3/h4-7H,1-3H3. The highest BCUT2D eigenvalue weighted by Gasteiger charge is 1.99. The molecule has 0 bridgehead atoms. The van der Waals surface area contributed by atoms with Gasteiger partial charge in [0, 0.05) is 12.3 Å². The fourth-order valence-electron chi connectivity index (χ4n) is 0.848. The fourth-order valence-corrected chi connectivity index (χ4v) is 0.848. The van der Waals surface area contributed by atoms with Crippen LogP contribution in [0.4, 0.5) is 0 Å². The van der Waals surface area contributed by atoms with Crippen LogP contribution in [-0.2, 0) is 0 Å². The van der Waals surface area contributed by atoms with Crippen LogP contribution in [0.15, 0.2) is 18.3 Å². The molecule has 0 saturated carbocycles. The summed E-state index contributed by atoms with van der Waals surface area (Å²) < 4.78 is 10.4. The highest BCUT2D eigenvalue weighted by Crippen LogP contribution is 2.16. The van der Waals surface area contributed by atoms with Gasteiger partial charge in [-0.2, -0.15) is 0 Å². The average molecular weight is 167 g/mol. The maximum absolute atomic E-state index is 5.44. The summed E-state index contributed by atoms with van der Waals surface area (Å²) in [5, 5.41) is 0. The number of methoxy groups -OCH3 is 1. The van der Waals surface area contributed by atoms with E-state index in [2.05, 4.69) is 4.98 Å². The molecule has 0 unspecified atom stereocenters. The zero-order valence-electron chi connectivity index (χ0n) is 7.57. The molecule has 66 valence electrons. The number of ether oxygens (including phenoxy) is 2. The van der Waals surface area contributed by atoms with Crippen molar-refractivity contribution in [3.8, 4) is 11.6 Å². The number of hydrogen-bond acceptors (Lipinski definition) is 3. The Morgan fingerprint density at radius 1 is 1.42 bits per heavy atom. The van der Waals surface area contributed by atoms with Crippen LogP contribution >= 0.6 is 0 Å². The molecule has 0 aliphatic rings. The highest BCUT2D eigenvalue weighted by molar-refractivity contribution is 5.26. The van der Waals surface area contributed by atoms with Crippen molar-refractivity contribution in [1.82, 2.24) is 4.98 Å². The van der Waals surface area contributed by atoms with Gasteiger partial charge in [-0.15, -0.1) is 0 Å².